The van der Waals surface area contributed by atoms with Crippen molar-refractivity contribution in [1.82, 2.24) is 18.8 Å². The van der Waals surface area contributed by atoms with Gasteiger partial charge in [0.05, 0.1) is 31.9 Å². The Labute approximate surface area is 140 Å². The van der Waals surface area contributed by atoms with Crippen LogP contribution in [0.15, 0.2) is 6.20 Å². The van der Waals surface area contributed by atoms with Gasteiger partial charge in [0.1, 0.15) is 0 Å². The number of esters is 1. The van der Waals surface area contributed by atoms with Crippen molar-refractivity contribution in [3.63, 3.8) is 0 Å². The van der Waals surface area contributed by atoms with E-state index in [1.807, 2.05) is 0 Å². The van der Waals surface area contributed by atoms with Crippen molar-refractivity contribution in [2.45, 2.75) is 25.6 Å². The van der Waals surface area contributed by atoms with E-state index in [9.17, 15) is 13.2 Å². The minimum Gasteiger partial charge on any atom is -0.469 e. The van der Waals surface area contributed by atoms with Gasteiger partial charge in [-0.1, -0.05) is 0 Å². The summed E-state index contributed by atoms with van der Waals surface area (Å²) in [6, 6.07) is 0. The zero-order chi connectivity index (χ0) is 15.7. The van der Waals surface area contributed by atoms with Gasteiger partial charge in [0.2, 0.25) is 0 Å². The van der Waals surface area contributed by atoms with Gasteiger partial charge in [-0.2, -0.15) is 21.9 Å². The lowest BCUT2D eigenvalue weighted by Gasteiger charge is -2.31. The number of nitrogens with zero attached hydrogens (tertiary/aromatic N) is 3. The number of hydrogen-bond donors (Lipinski definition) is 1. The van der Waals surface area contributed by atoms with Crippen molar-refractivity contribution in [2.24, 2.45) is 0 Å². The molecule has 2 aliphatic rings. The summed E-state index contributed by atoms with van der Waals surface area (Å²) in [5.41, 5.74) is 1.64. The molecule has 3 rings (SSSR count). The van der Waals surface area contributed by atoms with Gasteiger partial charge < -0.3 is 14.8 Å². The Morgan fingerprint density at radius 3 is 3.00 bits per heavy atom. The van der Waals surface area contributed by atoms with Crippen molar-refractivity contribution >= 4 is 28.6 Å². The third kappa shape index (κ3) is 3.66. The zero-order valence-electron chi connectivity index (χ0n) is 12.6. The van der Waals surface area contributed by atoms with E-state index >= 15 is 0 Å². The van der Waals surface area contributed by atoms with Crippen LogP contribution in [-0.2, 0) is 37.6 Å². The average molecular weight is 367 g/mol. The molecule has 0 radical (unpaired) electrons. The molecule has 3 heterocycles. The zero-order valence-corrected chi connectivity index (χ0v) is 14.2. The smallest absolute Gasteiger partial charge is 0.323 e. The highest BCUT2D eigenvalue weighted by atomic mass is 35.5. The van der Waals surface area contributed by atoms with Gasteiger partial charge in [0.25, 0.3) is 0 Å². The maximum absolute atomic E-state index is 12.6. The molecule has 1 atom stereocenters. The molecule has 0 spiro atoms. The molecule has 0 saturated carbocycles. The largest absolute Gasteiger partial charge is 0.469 e. The summed E-state index contributed by atoms with van der Waals surface area (Å²) in [5, 5.41) is 7.24. The summed E-state index contributed by atoms with van der Waals surface area (Å²) < 4.78 is 37.6. The van der Waals surface area contributed by atoms with Gasteiger partial charge in [-0.05, 0) is 0 Å². The van der Waals surface area contributed by atoms with Crippen LogP contribution in [0.1, 0.15) is 17.7 Å². The second-order valence-electron chi connectivity index (χ2n) is 5.22. The Kier molecular flexibility index (Phi) is 5.63. The van der Waals surface area contributed by atoms with E-state index in [1.54, 1.807) is 0 Å². The van der Waals surface area contributed by atoms with Crippen molar-refractivity contribution in [3.8, 4) is 0 Å². The molecule has 1 aromatic rings. The fourth-order valence-electron chi connectivity index (χ4n) is 2.56. The second kappa shape index (κ2) is 7.14. The number of ether oxygens (including phenoxy) is 2. The van der Waals surface area contributed by atoms with Crippen molar-refractivity contribution in [2.75, 3.05) is 26.8 Å². The van der Waals surface area contributed by atoms with Crippen molar-refractivity contribution in [1.29, 1.82) is 0 Å². The molecule has 1 saturated heterocycles. The third-order valence-corrected chi connectivity index (χ3v) is 5.39. The molecule has 1 fully saturated rings. The number of aromatic nitrogens is 2. The van der Waals surface area contributed by atoms with Crippen LogP contribution in [0.3, 0.4) is 0 Å². The Balaban J connectivity index is 0.00000192. The van der Waals surface area contributed by atoms with Gasteiger partial charge in [0.15, 0.2) is 0 Å². The summed E-state index contributed by atoms with van der Waals surface area (Å²) >= 11 is 0. The fourth-order valence-corrected chi connectivity index (χ4v) is 3.92. The minimum atomic E-state index is -3.74. The van der Waals surface area contributed by atoms with E-state index in [-0.39, 0.29) is 38.5 Å². The minimum absolute atomic E-state index is 0. The summed E-state index contributed by atoms with van der Waals surface area (Å²) in [4.78, 5) is 11.3. The number of nitrogens with one attached hydrogen (secondary N) is 1. The lowest BCUT2D eigenvalue weighted by atomic mass is 10.2. The highest BCUT2D eigenvalue weighted by molar-refractivity contribution is 7.87. The number of carbonyl (C=O) groups excluding carboxylic acids is 1. The molecule has 1 unspecified atom stereocenters. The highest BCUT2D eigenvalue weighted by Gasteiger charge is 2.33. The molecule has 0 bridgehead atoms. The van der Waals surface area contributed by atoms with Gasteiger partial charge >= 0.3 is 16.2 Å². The van der Waals surface area contributed by atoms with E-state index in [0.29, 0.717) is 13.1 Å². The summed E-state index contributed by atoms with van der Waals surface area (Å²) in [6.07, 6.45) is 1.07. The topological polar surface area (TPSA) is 103 Å². The summed E-state index contributed by atoms with van der Waals surface area (Å²) in [7, 11) is -2.45. The van der Waals surface area contributed by atoms with Crippen LogP contribution in [-0.4, -0.2) is 60.8 Å². The van der Waals surface area contributed by atoms with Crippen molar-refractivity contribution in [3.05, 3.63) is 17.5 Å². The lowest BCUT2D eigenvalue weighted by molar-refractivity contribution is -0.145. The first-order chi connectivity index (χ1) is 10.5. The van der Waals surface area contributed by atoms with Gasteiger partial charge in [-0.25, -0.2) is 0 Å². The highest BCUT2D eigenvalue weighted by Crippen LogP contribution is 2.18. The third-order valence-electron chi connectivity index (χ3n) is 3.75. The molecule has 2 aliphatic heterocycles. The van der Waals surface area contributed by atoms with E-state index in [0.717, 1.165) is 15.3 Å². The standard InChI is InChI=1S/C12H18N4O5S.ClH/c1-20-12(17)4-10-8-15(2-3-21-10)22(18,19)16-7-9-5-13-6-11(9)14-16;/h7,10,13H,2-6,8H2,1H3;1H. The number of methoxy groups -OCH3 is 1. The number of morpholine rings is 1. The number of carbonyl (C=O) groups is 1. The predicted molar refractivity (Wildman–Crippen MR) is 82.3 cm³/mol. The van der Waals surface area contributed by atoms with Crippen molar-refractivity contribution < 1.29 is 22.7 Å². The number of rotatable bonds is 4. The van der Waals surface area contributed by atoms with E-state index in [4.69, 9.17) is 4.74 Å². The van der Waals surface area contributed by atoms with E-state index in [1.165, 1.54) is 17.6 Å². The van der Waals surface area contributed by atoms with E-state index in [2.05, 4.69) is 15.2 Å². The Morgan fingerprint density at radius 1 is 1.52 bits per heavy atom. The molecule has 0 aromatic carbocycles. The van der Waals surface area contributed by atoms with Crippen LogP contribution in [0, 0.1) is 0 Å². The Hall–Kier alpha value is -1.20. The van der Waals surface area contributed by atoms with Gasteiger partial charge in [-0.15, -0.1) is 12.4 Å². The van der Waals surface area contributed by atoms with Gasteiger partial charge in [-0.3, -0.25) is 4.79 Å². The molecule has 0 amide bonds. The first-order valence-corrected chi connectivity index (χ1v) is 8.37. The molecular formula is C12H19ClN4O5S. The fraction of sp³-hybridized carbons (Fsp3) is 0.667. The van der Waals surface area contributed by atoms with Crippen LogP contribution in [0.4, 0.5) is 0 Å². The van der Waals surface area contributed by atoms with Crippen LogP contribution in [0.5, 0.6) is 0 Å². The predicted octanol–water partition coefficient (Wildman–Crippen LogP) is -0.735. The average Bonchev–Trinajstić information content (AvgIpc) is 3.09. The lowest BCUT2D eigenvalue weighted by Crippen LogP contribution is -2.48. The molecule has 23 heavy (non-hydrogen) atoms. The molecular weight excluding hydrogens is 348 g/mol. The molecule has 0 aliphatic carbocycles. The Morgan fingerprint density at radius 2 is 2.30 bits per heavy atom. The number of hydrogen-bond acceptors (Lipinski definition) is 7. The first-order valence-electron chi connectivity index (χ1n) is 6.98. The Bertz CT molecular complexity index is 655. The summed E-state index contributed by atoms with van der Waals surface area (Å²) in [5.74, 6) is -0.423. The number of halogens is 1. The van der Waals surface area contributed by atoms with Crippen LogP contribution in [0.25, 0.3) is 0 Å². The molecule has 1 aromatic heterocycles. The molecule has 1 N–H and O–H groups in total. The van der Waals surface area contributed by atoms with Crippen LogP contribution < -0.4 is 5.32 Å². The van der Waals surface area contributed by atoms with Gasteiger partial charge in [0, 0.05) is 37.9 Å². The van der Waals surface area contributed by atoms with E-state index < -0.39 is 22.3 Å². The first kappa shape index (κ1) is 18.1. The maximum atomic E-state index is 12.6. The SMILES string of the molecule is COC(=O)CC1CN(S(=O)(=O)n2cc3c(n2)CNC3)CCO1.Cl. The molecule has 130 valence electrons. The monoisotopic (exact) mass is 366 g/mol. The molecule has 9 nitrogen and oxygen atoms in total. The maximum Gasteiger partial charge on any atom is 0.323 e. The summed E-state index contributed by atoms with van der Waals surface area (Å²) in [6.45, 7) is 1.79. The normalized spacial score (nSPS) is 21.5. The molecule has 11 heteroatoms. The van der Waals surface area contributed by atoms with Crippen LogP contribution >= 0.6 is 12.4 Å². The second-order valence-corrected chi connectivity index (χ2v) is 7.00. The van der Waals surface area contributed by atoms with Crippen LogP contribution in [0.2, 0.25) is 0 Å². The quantitative estimate of drug-likeness (QED) is 0.700. The number of fused-ring (bicyclic) bond motifs is 1.